The van der Waals surface area contributed by atoms with Crippen LogP contribution in [0.2, 0.25) is 0 Å². The Bertz CT molecular complexity index is 1370. The lowest BCUT2D eigenvalue weighted by molar-refractivity contribution is -0.122. The maximum absolute atomic E-state index is 13.9. The lowest BCUT2D eigenvalue weighted by atomic mass is 10.1. The first-order valence-electron chi connectivity index (χ1n) is 11.1. The lowest BCUT2D eigenvalue weighted by Crippen LogP contribution is -2.54. The number of urea groups is 1. The molecule has 7 nitrogen and oxygen atoms in total. The molecule has 0 saturated carbocycles. The van der Waals surface area contributed by atoms with Crippen LogP contribution in [0.15, 0.2) is 70.7 Å². The van der Waals surface area contributed by atoms with Crippen LogP contribution in [0.25, 0.3) is 6.08 Å². The van der Waals surface area contributed by atoms with Gasteiger partial charge in [0.25, 0.3) is 11.8 Å². The van der Waals surface area contributed by atoms with Crippen molar-refractivity contribution in [3.8, 4) is 11.5 Å². The first-order valence-corrected chi connectivity index (χ1v) is 11.9. The minimum absolute atomic E-state index is 0.0231. The van der Waals surface area contributed by atoms with Crippen molar-refractivity contribution in [1.29, 1.82) is 0 Å². The van der Waals surface area contributed by atoms with E-state index in [0.717, 1.165) is 16.9 Å². The summed E-state index contributed by atoms with van der Waals surface area (Å²) in [6.45, 7) is 1.97. The molecule has 9 heteroatoms. The number of hydrogen-bond donors (Lipinski definition) is 1. The molecule has 1 saturated heterocycles. The molecular weight excluding hydrogens is 531 g/mol. The van der Waals surface area contributed by atoms with E-state index in [0.29, 0.717) is 32.8 Å². The molecule has 4 amide bonds. The van der Waals surface area contributed by atoms with Crippen LogP contribution in [-0.4, -0.2) is 25.0 Å². The van der Waals surface area contributed by atoms with E-state index in [1.54, 1.807) is 42.5 Å². The van der Waals surface area contributed by atoms with Gasteiger partial charge in [0.15, 0.2) is 11.5 Å². The molecule has 4 rings (SSSR count). The first-order chi connectivity index (χ1) is 17.3. The highest BCUT2D eigenvalue weighted by Gasteiger charge is 2.37. The van der Waals surface area contributed by atoms with Crippen LogP contribution in [0.3, 0.4) is 0 Å². The zero-order valence-corrected chi connectivity index (χ0v) is 21.1. The number of rotatable bonds is 7. The van der Waals surface area contributed by atoms with Crippen LogP contribution in [0, 0.1) is 5.82 Å². The molecule has 3 aromatic carbocycles. The van der Waals surface area contributed by atoms with Gasteiger partial charge in [-0.2, -0.15) is 0 Å². The van der Waals surface area contributed by atoms with Gasteiger partial charge in [0.2, 0.25) is 0 Å². The number of benzene rings is 3. The predicted molar refractivity (Wildman–Crippen MR) is 136 cm³/mol. The van der Waals surface area contributed by atoms with Gasteiger partial charge >= 0.3 is 6.03 Å². The van der Waals surface area contributed by atoms with E-state index in [2.05, 4.69) is 21.2 Å². The minimum Gasteiger partial charge on any atom is -0.493 e. The van der Waals surface area contributed by atoms with Crippen molar-refractivity contribution in [2.24, 2.45) is 0 Å². The van der Waals surface area contributed by atoms with E-state index in [-0.39, 0.29) is 18.0 Å². The fraction of sp³-hybridized carbons (Fsp3) is 0.148. The third-order valence-corrected chi connectivity index (χ3v) is 6.32. The van der Waals surface area contributed by atoms with E-state index in [1.165, 1.54) is 19.3 Å². The summed E-state index contributed by atoms with van der Waals surface area (Å²) < 4.78 is 25.6. The second-order valence-electron chi connectivity index (χ2n) is 7.88. The monoisotopic (exact) mass is 552 g/mol. The molecule has 0 aromatic heterocycles. The van der Waals surface area contributed by atoms with Gasteiger partial charge in [-0.3, -0.25) is 14.9 Å². The molecule has 1 N–H and O–H groups in total. The number of aryl methyl sites for hydroxylation is 1. The second kappa shape index (κ2) is 10.7. The minimum atomic E-state index is -0.820. The van der Waals surface area contributed by atoms with Crippen LogP contribution in [0.5, 0.6) is 11.5 Å². The fourth-order valence-corrected chi connectivity index (χ4v) is 4.07. The van der Waals surface area contributed by atoms with Crippen molar-refractivity contribution in [2.45, 2.75) is 20.0 Å². The Morgan fingerprint density at radius 1 is 1.03 bits per heavy atom. The average molecular weight is 553 g/mol. The number of nitrogens with zero attached hydrogens (tertiary/aromatic N) is 1. The van der Waals surface area contributed by atoms with E-state index >= 15 is 0 Å². The first kappa shape index (κ1) is 25.1. The fourth-order valence-electron chi connectivity index (χ4n) is 3.63. The van der Waals surface area contributed by atoms with Gasteiger partial charge in [0.1, 0.15) is 18.0 Å². The number of anilines is 1. The highest BCUT2D eigenvalue weighted by atomic mass is 79.9. The molecular formula is C27H22BrFN2O5. The summed E-state index contributed by atoms with van der Waals surface area (Å²) in [7, 11) is 1.44. The number of amides is 4. The zero-order valence-electron chi connectivity index (χ0n) is 19.5. The van der Waals surface area contributed by atoms with E-state index in [4.69, 9.17) is 9.47 Å². The number of imide groups is 2. The summed E-state index contributed by atoms with van der Waals surface area (Å²) in [5.41, 5.74) is 1.99. The summed E-state index contributed by atoms with van der Waals surface area (Å²) >= 11 is 3.43. The normalized spacial score (nSPS) is 14.7. The van der Waals surface area contributed by atoms with Crippen molar-refractivity contribution in [3.05, 3.63) is 93.2 Å². The van der Waals surface area contributed by atoms with Gasteiger partial charge in [0.05, 0.1) is 12.8 Å². The van der Waals surface area contributed by atoms with Crippen LogP contribution in [0.1, 0.15) is 23.6 Å². The van der Waals surface area contributed by atoms with Crippen LogP contribution < -0.4 is 19.7 Å². The maximum atomic E-state index is 13.9. The average Bonchev–Trinajstić information content (AvgIpc) is 2.87. The Balaban J connectivity index is 1.64. The standard InChI is InChI=1S/C27H22BrFN2O5/c1-3-16-8-10-19(11-9-16)31-26(33)20(25(32)30-27(31)34)12-18-13-23(35-2)24(14-21(18)28)36-15-17-6-4-5-7-22(17)29/h4-14H,3,15H2,1-2H3,(H,30,32,34)/b20-12-. The third-order valence-electron chi connectivity index (χ3n) is 5.63. The molecule has 0 radical (unpaired) electrons. The highest BCUT2D eigenvalue weighted by molar-refractivity contribution is 9.10. The Hall–Kier alpha value is -3.98. The van der Waals surface area contributed by atoms with Crippen LogP contribution in [-0.2, 0) is 22.6 Å². The Morgan fingerprint density at radius 3 is 2.42 bits per heavy atom. The molecule has 0 aliphatic carbocycles. The Morgan fingerprint density at radius 2 is 1.75 bits per heavy atom. The summed E-state index contributed by atoms with van der Waals surface area (Å²) in [5, 5.41) is 2.21. The Labute approximate surface area is 215 Å². The van der Waals surface area contributed by atoms with Gasteiger partial charge < -0.3 is 9.47 Å². The maximum Gasteiger partial charge on any atom is 0.335 e. The quantitative estimate of drug-likeness (QED) is 0.313. The summed E-state index contributed by atoms with van der Waals surface area (Å²) in [4.78, 5) is 39.2. The van der Waals surface area contributed by atoms with Gasteiger partial charge in [0, 0.05) is 10.0 Å². The van der Waals surface area contributed by atoms with Gasteiger partial charge in [-0.25, -0.2) is 14.1 Å². The molecule has 1 aliphatic heterocycles. The lowest BCUT2D eigenvalue weighted by Gasteiger charge is -2.26. The van der Waals surface area contributed by atoms with Crippen LogP contribution >= 0.6 is 15.9 Å². The molecule has 1 heterocycles. The number of methoxy groups -OCH3 is 1. The van der Waals surface area contributed by atoms with Gasteiger partial charge in [-0.15, -0.1) is 0 Å². The number of ether oxygens (including phenoxy) is 2. The van der Waals surface area contributed by atoms with Gasteiger partial charge in [-0.05, 0) is 54.0 Å². The number of carbonyl (C=O) groups is 3. The molecule has 36 heavy (non-hydrogen) atoms. The molecule has 1 fully saturated rings. The van der Waals surface area contributed by atoms with E-state index in [9.17, 15) is 18.8 Å². The van der Waals surface area contributed by atoms with Crippen molar-refractivity contribution in [2.75, 3.05) is 12.0 Å². The number of carbonyl (C=O) groups excluding carboxylic acids is 3. The summed E-state index contributed by atoms with van der Waals surface area (Å²) in [6, 6.07) is 15.6. The largest absolute Gasteiger partial charge is 0.493 e. The number of nitrogens with one attached hydrogen (secondary N) is 1. The Kier molecular flexibility index (Phi) is 7.49. The van der Waals surface area contributed by atoms with Crippen LogP contribution in [0.4, 0.5) is 14.9 Å². The second-order valence-corrected chi connectivity index (χ2v) is 8.74. The molecule has 0 atom stereocenters. The van der Waals surface area contributed by atoms with E-state index < -0.39 is 17.8 Å². The smallest absolute Gasteiger partial charge is 0.335 e. The molecule has 0 unspecified atom stereocenters. The van der Waals surface area contributed by atoms with Crippen molar-refractivity contribution in [1.82, 2.24) is 5.32 Å². The van der Waals surface area contributed by atoms with Crippen molar-refractivity contribution >= 4 is 45.5 Å². The SMILES string of the molecule is CCc1ccc(N2C(=O)NC(=O)/C(=C/c3cc(OC)c(OCc4ccccc4F)cc3Br)C2=O)cc1. The van der Waals surface area contributed by atoms with E-state index in [1.807, 2.05) is 19.1 Å². The molecule has 0 bridgehead atoms. The summed E-state index contributed by atoms with van der Waals surface area (Å²) in [6.07, 6.45) is 2.17. The highest BCUT2D eigenvalue weighted by Crippen LogP contribution is 2.36. The summed E-state index contributed by atoms with van der Waals surface area (Å²) in [5.74, 6) is -1.30. The number of hydrogen-bond acceptors (Lipinski definition) is 5. The molecule has 184 valence electrons. The molecule has 1 aliphatic rings. The van der Waals surface area contributed by atoms with Gasteiger partial charge in [-0.1, -0.05) is 53.2 Å². The predicted octanol–water partition coefficient (Wildman–Crippen LogP) is 5.40. The third kappa shape index (κ3) is 5.16. The van der Waals surface area contributed by atoms with Crippen molar-refractivity contribution < 1.29 is 28.2 Å². The zero-order chi connectivity index (χ0) is 25.8. The number of barbiturate groups is 1. The molecule has 0 spiro atoms. The number of halogens is 2. The molecule has 3 aromatic rings. The van der Waals surface area contributed by atoms with Crippen molar-refractivity contribution in [3.63, 3.8) is 0 Å². The topological polar surface area (TPSA) is 84.9 Å².